The first-order valence-corrected chi connectivity index (χ1v) is 7.69. The van der Waals surface area contributed by atoms with Crippen LogP contribution in [0.4, 0.5) is 0 Å². The van der Waals surface area contributed by atoms with E-state index in [1.165, 1.54) is 6.92 Å². The SMILES string of the molecule is CC(O)(CC(=O)O)CC(=O)N[C@H](Cc1c[nH]c2ccccc12)C(=O)O. The molecule has 25 heavy (non-hydrogen) atoms. The van der Waals surface area contributed by atoms with Crippen LogP contribution in [0.5, 0.6) is 0 Å². The molecule has 0 aliphatic rings. The van der Waals surface area contributed by atoms with Crippen molar-refractivity contribution in [1.29, 1.82) is 0 Å². The maximum Gasteiger partial charge on any atom is 0.326 e. The fraction of sp³-hybridized carbons (Fsp3) is 0.353. The molecule has 1 heterocycles. The highest BCUT2D eigenvalue weighted by atomic mass is 16.4. The van der Waals surface area contributed by atoms with E-state index in [-0.39, 0.29) is 6.42 Å². The first-order valence-electron chi connectivity index (χ1n) is 7.69. The Labute approximate surface area is 143 Å². The van der Waals surface area contributed by atoms with Crippen molar-refractivity contribution in [3.8, 4) is 0 Å². The summed E-state index contributed by atoms with van der Waals surface area (Å²) in [6.45, 7) is 1.22. The van der Waals surface area contributed by atoms with Crippen LogP contribution in [0.2, 0.25) is 0 Å². The van der Waals surface area contributed by atoms with Crippen LogP contribution in [0.3, 0.4) is 0 Å². The Kier molecular flexibility index (Phi) is 5.43. The molecule has 0 aliphatic heterocycles. The lowest BCUT2D eigenvalue weighted by Gasteiger charge is -2.22. The van der Waals surface area contributed by atoms with Crippen LogP contribution in [0, 0.1) is 0 Å². The van der Waals surface area contributed by atoms with E-state index in [1.54, 1.807) is 6.20 Å². The van der Waals surface area contributed by atoms with Crippen LogP contribution >= 0.6 is 0 Å². The monoisotopic (exact) mass is 348 g/mol. The van der Waals surface area contributed by atoms with Crippen LogP contribution in [-0.4, -0.2) is 49.8 Å². The molecular weight excluding hydrogens is 328 g/mol. The van der Waals surface area contributed by atoms with Gasteiger partial charge >= 0.3 is 11.9 Å². The van der Waals surface area contributed by atoms with E-state index in [9.17, 15) is 24.6 Å². The molecule has 134 valence electrons. The molecule has 0 aliphatic carbocycles. The summed E-state index contributed by atoms with van der Waals surface area (Å²) in [5, 5.41) is 31.2. The number of H-pyrrole nitrogens is 1. The highest BCUT2D eigenvalue weighted by Gasteiger charge is 2.30. The van der Waals surface area contributed by atoms with Gasteiger partial charge in [-0.1, -0.05) is 18.2 Å². The van der Waals surface area contributed by atoms with Gasteiger partial charge in [-0.3, -0.25) is 9.59 Å². The number of para-hydroxylation sites is 1. The fourth-order valence-corrected chi connectivity index (χ4v) is 2.70. The zero-order valence-electron chi connectivity index (χ0n) is 13.7. The van der Waals surface area contributed by atoms with E-state index in [0.29, 0.717) is 0 Å². The van der Waals surface area contributed by atoms with Gasteiger partial charge in [0.1, 0.15) is 6.04 Å². The average molecular weight is 348 g/mol. The normalized spacial score (nSPS) is 14.6. The molecule has 2 rings (SSSR count). The number of carboxylic acids is 2. The first kappa shape index (κ1) is 18.5. The summed E-state index contributed by atoms with van der Waals surface area (Å²) in [5.74, 6) is -3.18. The number of aliphatic hydroxyl groups is 1. The summed E-state index contributed by atoms with van der Waals surface area (Å²) in [7, 11) is 0. The number of aromatic amines is 1. The van der Waals surface area contributed by atoms with Crippen molar-refractivity contribution < 1.29 is 29.7 Å². The third-order valence-electron chi connectivity index (χ3n) is 3.81. The van der Waals surface area contributed by atoms with E-state index in [0.717, 1.165) is 16.5 Å². The number of fused-ring (bicyclic) bond motifs is 1. The molecule has 0 fully saturated rings. The smallest absolute Gasteiger partial charge is 0.326 e. The Balaban J connectivity index is 2.07. The zero-order valence-corrected chi connectivity index (χ0v) is 13.7. The van der Waals surface area contributed by atoms with Crippen molar-refractivity contribution in [2.24, 2.45) is 0 Å². The number of carbonyl (C=O) groups is 3. The number of benzene rings is 1. The van der Waals surface area contributed by atoms with Crippen LogP contribution in [-0.2, 0) is 20.8 Å². The van der Waals surface area contributed by atoms with Gasteiger partial charge in [-0.05, 0) is 18.6 Å². The van der Waals surface area contributed by atoms with Crippen LogP contribution in [0.15, 0.2) is 30.5 Å². The van der Waals surface area contributed by atoms with Crippen molar-refractivity contribution in [2.75, 3.05) is 0 Å². The molecule has 2 aromatic rings. The molecule has 8 heteroatoms. The Hall–Kier alpha value is -2.87. The molecule has 1 aromatic carbocycles. The highest BCUT2D eigenvalue weighted by molar-refractivity contribution is 5.87. The third kappa shape index (κ3) is 5.05. The minimum atomic E-state index is -1.75. The quantitative estimate of drug-likeness (QED) is 0.480. The summed E-state index contributed by atoms with van der Waals surface area (Å²) in [4.78, 5) is 37.2. The topological polar surface area (TPSA) is 140 Å². The van der Waals surface area contributed by atoms with E-state index < -0.39 is 42.3 Å². The molecule has 0 bridgehead atoms. The van der Waals surface area contributed by atoms with Gasteiger partial charge in [0.05, 0.1) is 18.4 Å². The van der Waals surface area contributed by atoms with E-state index in [1.807, 2.05) is 24.3 Å². The Morgan fingerprint density at radius 2 is 1.88 bits per heavy atom. The average Bonchev–Trinajstić information content (AvgIpc) is 2.87. The molecule has 1 unspecified atom stereocenters. The molecule has 0 saturated carbocycles. The largest absolute Gasteiger partial charge is 0.481 e. The second-order valence-electron chi connectivity index (χ2n) is 6.27. The Morgan fingerprint density at radius 1 is 1.20 bits per heavy atom. The number of aliphatic carboxylic acids is 2. The Bertz CT molecular complexity index is 795. The van der Waals surface area contributed by atoms with Crippen molar-refractivity contribution in [3.05, 3.63) is 36.0 Å². The van der Waals surface area contributed by atoms with Crippen LogP contribution in [0.1, 0.15) is 25.3 Å². The molecule has 0 saturated heterocycles. The van der Waals surface area contributed by atoms with Gasteiger partial charge < -0.3 is 25.6 Å². The number of amides is 1. The van der Waals surface area contributed by atoms with Gasteiger partial charge in [0.25, 0.3) is 0 Å². The first-order chi connectivity index (χ1) is 11.7. The van der Waals surface area contributed by atoms with Crippen molar-refractivity contribution >= 4 is 28.7 Å². The number of aromatic nitrogens is 1. The van der Waals surface area contributed by atoms with Crippen molar-refractivity contribution in [3.63, 3.8) is 0 Å². The number of nitrogens with one attached hydrogen (secondary N) is 2. The molecule has 5 N–H and O–H groups in total. The van der Waals surface area contributed by atoms with Gasteiger partial charge in [-0.15, -0.1) is 0 Å². The number of carbonyl (C=O) groups excluding carboxylic acids is 1. The minimum absolute atomic E-state index is 0.0617. The summed E-state index contributed by atoms with van der Waals surface area (Å²) < 4.78 is 0. The number of hydrogen-bond acceptors (Lipinski definition) is 4. The van der Waals surface area contributed by atoms with E-state index >= 15 is 0 Å². The van der Waals surface area contributed by atoms with Crippen LogP contribution in [0.25, 0.3) is 10.9 Å². The summed E-state index contributed by atoms with van der Waals surface area (Å²) >= 11 is 0. The maximum atomic E-state index is 12.0. The van der Waals surface area contributed by atoms with Crippen molar-refractivity contribution in [2.45, 2.75) is 37.8 Å². The van der Waals surface area contributed by atoms with Gasteiger partial charge in [-0.25, -0.2) is 4.79 Å². The Morgan fingerprint density at radius 3 is 2.52 bits per heavy atom. The van der Waals surface area contributed by atoms with Gasteiger partial charge in [-0.2, -0.15) is 0 Å². The number of rotatable bonds is 8. The summed E-state index contributed by atoms with van der Waals surface area (Å²) in [6, 6.07) is 6.20. The predicted molar refractivity (Wildman–Crippen MR) is 89.1 cm³/mol. The molecule has 1 aromatic heterocycles. The van der Waals surface area contributed by atoms with Gasteiger partial charge in [0.2, 0.25) is 5.91 Å². The lowest BCUT2D eigenvalue weighted by Crippen LogP contribution is -2.45. The highest BCUT2D eigenvalue weighted by Crippen LogP contribution is 2.20. The molecular formula is C17H20N2O6. The second-order valence-corrected chi connectivity index (χ2v) is 6.27. The molecule has 2 atom stereocenters. The molecule has 1 amide bonds. The molecule has 0 radical (unpaired) electrons. The third-order valence-corrected chi connectivity index (χ3v) is 3.81. The van der Waals surface area contributed by atoms with E-state index in [2.05, 4.69) is 10.3 Å². The molecule has 0 spiro atoms. The summed E-state index contributed by atoms with van der Waals surface area (Å²) in [6.07, 6.45) is 0.636. The second kappa shape index (κ2) is 7.35. The fourth-order valence-electron chi connectivity index (χ4n) is 2.70. The molecule has 8 nitrogen and oxygen atoms in total. The predicted octanol–water partition coefficient (Wildman–Crippen LogP) is 0.896. The number of carboxylic acid groups (broad SMARTS) is 2. The number of hydrogen-bond donors (Lipinski definition) is 5. The van der Waals surface area contributed by atoms with Crippen molar-refractivity contribution in [1.82, 2.24) is 10.3 Å². The summed E-state index contributed by atoms with van der Waals surface area (Å²) in [5.41, 5.74) is -0.155. The lowest BCUT2D eigenvalue weighted by molar-refractivity contribution is -0.145. The zero-order chi connectivity index (χ0) is 18.6. The van der Waals surface area contributed by atoms with E-state index in [4.69, 9.17) is 5.11 Å². The maximum absolute atomic E-state index is 12.0. The standard InChI is InChI=1S/C17H20N2O6/c1-17(25,8-15(21)22)7-14(20)19-13(16(23)24)6-10-9-18-12-5-3-2-4-11(10)12/h2-5,9,13,18,25H,6-8H2,1H3,(H,19,20)(H,21,22)(H,23,24)/t13-,17?/m1/s1. The lowest BCUT2D eigenvalue weighted by atomic mass is 9.97. The van der Waals surface area contributed by atoms with Gasteiger partial charge in [0.15, 0.2) is 0 Å². The van der Waals surface area contributed by atoms with Crippen LogP contribution < -0.4 is 5.32 Å². The minimum Gasteiger partial charge on any atom is -0.481 e. The van der Waals surface area contributed by atoms with Gasteiger partial charge in [0, 0.05) is 23.5 Å².